The maximum absolute atomic E-state index is 13.9. The summed E-state index contributed by atoms with van der Waals surface area (Å²) < 4.78 is 19.2. The van der Waals surface area contributed by atoms with Crippen LogP contribution in [0.15, 0.2) is 6.07 Å². The van der Waals surface area contributed by atoms with E-state index in [4.69, 9.17) is 21.6 Å². The monoisotopic (exact) mass is 296 g/mol. The summed E-state index contributed by atoms with van der Waals surface area (Å²) in [6.07, 6.45) is -0.0713. The van der Waals surface area contributed by atoms with E-state index < -0.39 is 17.5 Å². The van der Waals surface area contributed by atoms with E-state index in [1.807, 2.05) is 0 Å². The molecule has 0 radical (unpaired) electrons. The van der Waals surface area contributed by atoms with Crippen LogP contribution in [0.4, 0.5) is 14.9 Å². The zero-order chi connectivity index (χ0) is 15.1. The molecule has 6 heteroatoms. The number of carbonyl (C=O) groups excluding carboxylic acids is 1. The van der Waals surface area contributed by atoms with Crippen molar-refractivity contribution in [3.05, 3.63) is 28.0 Å². The minimum atomic E-state index is -0.802. The number of anilines is 1. The van der Waals surface area contributed by atoms with Gasteiger partial charge in [0.2, 0.25) is 0 Å². The second kappa shape index (κ2) is 4.95. The fourth-order valence-corrected chi connectivity index (χ4v) is 2.34. The number of hydrogen-bond acceptors (Lipinski definition) is 3. The van der Waals surface area contributed by atoms with E-state index in [1.165, 1.54) is 11.0 Å². The molecular formula is C14H14ClFN2O2. The van der Waals surface area contributed by atoms with Gasteiger partial charge in [-0.25, -0.2) is 9.18 Å². The second-order valence-corrected chi connectivity index (χ2v) is 5.96. The van der Waals surface area contributed by atoms with Crippen molar-refractivity contribution in [1.82, 2.24) is 0 Å². The molecule has 1 aliphatic heterocycles. The van der Waals surface area contributed by atoms with Crippen LogP contribution in [0.5, 0.6) is 0 Å². The number of amides is 1. The molecule has 1 amide bonds. The molecule has 0 aromatic heterocycles. The van der Waals surface area contributed by atoms with E-state index in [0.717, 1.165) is 0 Å². The molecule has 0 unspecified atom stereocenters. The number of benzene rings is 1. The van der Waals surface area contributed by atoms with Crippen LogP contribution >= 0.6 is 11.6 Å². The molecule has 0 saturated heterocycles. The Morgan fingerprint density at radius 1 is 1.55 bits per heavy atom. The van der Waals surface area contributed by atoms with Crippen molar-refractivity contribution in [3.63, 3.8) is 0 Å². The third-order valence-electron chi connectivity index (χ3n) is 2.87. The molecule has 0 fully saturated rings. The molecule has 1 aromatic rings. The van der Waals surface area contributed by atoms with Gasteiger partial charge >= 0.3 is 6.09 Å². The number of ether oxygens (including phenoxy) is 1. The Bertz CT molecular complexity index is 617. The first-order valence-electron chi connectivity index (χ1n) is 6.16. The number of fused-ring (bicyclic) bond motifs is 1. The average Bonchev–Trinajstić information content (AvgIpc) is 2.72. The number of nitrogens with zero attached hydrogens (tertiary/aromatic N) is 2. The third-order valence-corrected chi connectivity index (χ3v) is 3.15. The van der Waals surface area contributed by atoms with Crippen LogP contribution in [0.1, 0.15) is 31.9 Å². The van der Waals surface area contributed by atoms with Crippen molar-refractivity contribution in [2.75, 3.05) is 11.4 Å². The van der Waals surface area contributed by atoms with E-state index >= 15 is 0 Å². The average molecular weight is 297 g/mol. The minimum absolute atomic E-state index is 0.105. The lowest BCUT2D eigenvalue weighted by Gasteiger charge is -2.25. The zero-order valence-electron chi connectivity index (χ0n) is 11.5. The predicted octanol–water partition coefficient (Wildman–Crippen LogP) is 3.65. The van der Waals surface area contributed by atoms with Crippen molar-refractivity contribution >= 4 is 23.4 Å². The van der Waals surface area contributed by atoms with Gasteiger partial charge < -0.3 is 4.74 Å². The van der Waals surface area contributed by atoms with Gasteiger partial charge in [-0.2, -0.15) is 5.26 Å². The van der Waals surface area contributed by atoms with Crippen LogP contribution in [0.2, 0.25) is 5.02 Å². The van der Waals surface area contributed by atoms with Gasteiger partial charge in [-0.1, -0.05) is 11.6 Å². The molecule has 1 aliphatic rings. The van der Waals surface area contributed by atoms with Crippen molar-refractivity contribution in [1.29, 1.82) is 5.26 Å². The number of halogens is 2. The summed E-state index contributed by atoms with van der Waals surface area (Å²) in [7, 11) is 0. The number of nitriles is 1. The Labute approximate surface area is 121 Å². The van der Waals surface area contributed by atoms with Gasteiger partial charge in [0.05, 0.1) is 10.7 Å². The lowest BCUT2D eigenvalue weighted by Crippen LogP contribution is -2.36. The first-order valence-corrected chi connectivity index (χ1v) is 6.54. The summed E-state index contributed by atoms with van der Waals surface area (Å²) in [6, 6.07) is 3.23. The first kappa shape index (κ1) is 14.6. The Morgan fingerprint density at radius 2 is 2.20 bits per heavy atom. The molecule has 0 spiro atoms. The van der Waals surface area contributed by atoms with Crippen LogP contribution in [0.25, 0.3) is 0 Å². The highest BCUT2D eigenvalue weighted by Crippen LogP contribution is 2.37. The topological polar surface area (TPSA) is 53.3 Å². The van der Waals surface area contributed by atoms with Gasteiger partial charge in [0.15, 0.2) is 5.82 Å². The fourth-order valence-electron chi connectivity index (χ4n) is 2.11. The molecule has 0 N–H and O–H groups in total. The van der Waals surface area contributed by atoms with Gasteiger partial charge in [0, 0.05) is 6.54 Å². The summed E-state index contributed by atoms with van der Waals surface area (Å²) >= 11 is 5.75. The predicted molar refractivity (Wildman–Crippen MR) is 73.4 cm³/mol. The summed E-state index contributed by atoms with van der Waals surface area (Å²) in [5.74, 6) is -0.802. The Balaban J connectivity index is 2.45. The van der Waals surface area contributed by atoms with Gasteiger partial charge in [0.25, 0.3) is 0 Å². The molecule has 1 heterocycles. The minimum Gasteiger partial charge on any atom is -0.443 e. The molecule has 1 aromatic carbocycles. The number of hydrogen-bond donors (Lipinski definition) is 0. The summed E-state index contributed by atoms with van der Waals surface area (Å²) in [5.41, 5.74) is 0.0794. The second-order valence-electron chi connectivity index (χ2n) is 5.55. The van der Waals surface area contributed by atoms with E-state index in [2.05, 4.69) is 0 Å². The molecule has 0 saturated carbocycles. The molecule has 4 nitrogen and oxygen atoms in total. The standard InChI is InChI=1S/C14H14ClFN2O2/c1-14(2,3)20-13(19)18-5-4-8-6-10(15)11(16)9(7-17)12(8)18/h6H,4-5H2,1-3H3. The van der Waals surface area contributed by atoms with E-state index in [1.54, 1.807) is 26.8 Å². The molecule has 0 bridgehead atoms. The highest BCUT2D eigenvalue weighted by Gasteiger charge is 2.33. The fraction of sp³-hybridized carbons (Fsp3) is 0.429. The third kappa shape index (κ3) is 2.56. The van der Waals surface area contributed by atoms with Crippen molar-refractivity contribution in [3.8, 4) is 6.07 Å². The van der Waals surface area contributed by atoms with Crippen LogP contribution < -0.4 is 4.90 Å². The smallest absolute Gasteiger partial charge is 0.414 e. The first-order chi connectivity index (χ1) is 9.24. The van der Waals surface area contributed by atoms with Crippen molar-refractivity contribution in [2.45, 2.75) is 32.8 Å². The van der Waals surface area contributed by atoms with E-state index in [0.29, 0.717) is 18.5 Å². The maximum atomic E-state index is 13.9. The highest BCUT2D eigenvalue weighted by atomic mass is 35.5. The van der Waals surface area contributed by atoms with Crippen LogP contribution in [0, 0.1) is 17.1 Å². The lowest BCUT2D eigenvalue weighted by molar-refractivity contribution is 0.0584. The zero-order valence-corrected chi connectivity index (χ0v) is 12.2. The molecule has 106 valence electrons. The quantitative estimate of drug-likeness (QED) is 0.734. The van der Waals surface area contributed by atoms with E-state index in [-0.39, 0.29) is 16.3 Å². The normalized spacial score (nSPS) is 13.9. The van der Waals surface area contributed by atoms with Crippen LogP contribution in [0.3, 0.4) is 0 Å². The number of carbonyl (C=O) groups is 1. The molecule has 0 atom stereocenters. The Hall–Kier alpha value is -1.80. The molecule has 0 aliphatic carbocycles. The van der Waals surface area contributed by atoms with Gasteiger partial charge in [0.1, 0.15) is 17.2 Å². The Kier molecular flexibility index (Phi) is 3.61. The molecule has 2 rings (SSSR count). The molecular weight excluding hydrogens is 283 g/mol. The van der Waals surface area contributed by atoms with Gasteiger partial charge in [-0.05, 0) is 38.8 Å². The van der Waals surface area contributed by atoms with Crippen molar-refractivity contribution in [2.24, 2.45) is 0 Å². The lowest BCUT2D eigenvalue weighted by atomic mass is 10.1. The van der Waals surface area contributed by atoms with Crippen molar-refractivity contribution < 1.29 is 13.9 Å². The largest absolute Gasteiger partial charge is 0.443 e. The SMILES string of the molecule is CC(C)(C)OC(=O)N1CCc2cc(Cl)c(F)c(C#N)c21. The highest BCUT2D eigenvalue weighted by molar-refractivity contribution is 6.31. The van der Waals surface area contributed by atoms with Crippen LogP contribution in [-0.2, 0) is 11.2 Å². The van der Waals surface area contributed by atoms with Gasteiger partial charge in [-0.15, -0.1) is 0 Å². The number of rotatable bonds is 0. The van der Waals surface area contributed by atoms with Crippen LogP contribution in [-0.4, -0.2) is 18.2 Å². The summed E-state index contributed by atoms with van der Waals surface area (Å²) in [6.45, 7) is 5.58. The maximum Gasteiger partial charge on any atom is 0.414 e. The summed E-state index contributed by atoms with van der Waals surface area (Å²) in [5, 5.41) is 9.01. The molecule has 20 heavy (non-hydrogen) atoms. The Morgan fingerprint density at radius 3 is 2.75 bits per heavy atom. The summed E-state index contributed by atoms with van der Waals surface area (Å²) in [4.78, 5) is 13.4. The van der Waals surface area contributed by atoms with E-state index in [9.17, 15) is 9.18 Å². The van der Waals surface area contributed by atoms with Gasteiger partial charge in [-0.3, -0.25) is 4.90 Å².